The molecule has 2 aromatic rings. The summed E-state index contributed by atoms with van der Waals surface area (Å²) in [5.74, 6) is 0.511. The Morgan fingerprint density at radius 1 is 1.12 bits per heavy atom. The fourth-order valence-corrected chi connectivity index (χ4v) is 2.56. The first-order valence-electron chi connectivity index (χ1n) is 7.46. The standard InChI is InChI=1S/C17H15Cl2N3O2/c18-14-3-2-13(9-15(14)19)16(23)4-1-12-10-20-17(21-11-12)22-5-7-24-8-6-22/h1-4,9-11H,5-8H2/b4-1+. The molecule has 3 rings (SSSR count). The Hall–Kier alpha value is -1.95. The predicted octanol–water partition coefficient (Wildman–Crippen LogP) is 3.52. The number of halogens is 2. The van der Waals surface area contributed by atoms with E-state index >= 15 is 0 Å². The van der Waals surface area contributed by atoms with Gasteiger partial charge >= 0.3 is 0 Å². The number of ether oxygens (including phenoxy) is 1. The lowest BCUT2D eigenvalue weighted by Gasteiger charge is -2.26. The van der Waals surface area contributed by atoms with Gasteiger partial charge in [-0.25, -0.2) is 9.97 Å². The summed E-state index contributed by atoms with van der Waals surface area (Å²) in [5.41, 5.74) is 1.23. The minimum atomic E-state index is -0.161. The van der Waals surface area contributed by atoms with Crippen LogP contribution >= 0.6 is 23.2 Å². The molecule has 1 fully saturated rings. The van der Waals surface area contributed by atoms with E-state index < -0.39 is 0 Å². The van der Waals surface area contributed by atoms with Crippen molar-refractivity contribution in [2.75, 3.05) is 31.2 Å². The number of hydrogen-bond acceptors (Lipinski definition) is 5. The Labute approximate surface area is 149 Å². The first-order valence-corrected chi connectivity index (χ1v) is 8.21. The lowest BCUT2D eigenvalue weighted by Crippen LogP contribution is -2.37. The lowest BCUT2D eigenvalue weighted by atomic mass is 10.1. The predicted molar refractivity (Wildman–Crippen MR) is 94.9 cm³/mol. The van der Waals surface area contributed by atoms with Gasteiger partial charge in [-0.3, -0.25) is 4.79 Å². The number of carbonyl (C=O) groups is 1. The van der Waals surface area contributed by atoms with Crippen molar-refractivity contribution in [1.29, 1.82) is 0 Å². The molecule has 1 saturated heterocycles. The highest BCUT2D eigenvalue weighted by atomic mass is 35.5. The van der Waals surface area contributed by atoms with Gasteiger partial charge in [-0.15, -0.1) is 0 Å². The number of morpholine rings is 1. The summed E-state index contributed by atoms with van der Waals surface area (Å²) in [7, 11) is 0. The van der Waals surface area contributed by atoms with Crippen LogP contribution in [0.15, 0.2) is 36.7 Å². The fraction of sp³-hybridized carbons (Fsp3) is 0.235. The first kappa shape index (κ1) is 16.9. The smallest absolute Gasteiger partial charge is 0.225 e. The van der Waals surface area contributed by atoms with Gasteiger partial charge < -0.3 is 9.64 Å². The Morgan fingerprint density at radius 3 is 2.50 bits per heavy atom. The molecule has 0 atom stereocenters. The normalized spacial score (nSPS) is 15.0. The van der Waals surface area contributed by atoms with Crippen LogP contribution in [0.2, 0.25) is 10.0 Å². The Morgan fingerprint density at radius 2 is 1.83 bits per heavy atom. The number of benzene rings is 1. The number of aromatic nitrogens is 2. The van der Waals surface area contributed by atoms with E-state index in [1.54, 1.807) is 36.7 Å². The number of nitrogens with zero attached hydrogens (tertiary/aromatic N) is 3. The third-order valence-corrected chi connectivity index (χ3v) is 4.32. The Bertz CT molecular complexity index is 757. The van der Waals surface area contributed by atoms with Crippen molar-refractivity contribution in [2.24, 2.45) is 0 Å². The molecule has 0 aliphatic carbocycles. The maximum Gasteiger partial charge on any atom is 0.225 e. The molecule has 0 saturated carbocycles. The van der Waals surface area contributed by atoms with E-state index in [1.807, 2.05) is 0 Å². The molecule has 2 heterocycles. The van der Waals surface area contributed by atoms with Gasteiger partial charge in [0.2, 0.25) is 5.95 Å². The second kappa shape index (κ2) is 7.75. The zero-order valence-corrected chi connectivity index (χ0v) is 14.3. The Balaban J connectivity index is 1.67. The van der Waals surface area contributed by atoms with Crippen molar-refractivity contribution in [3.05, 3.63) is 57.8 Å². The molecule has 0 radical (unpaired) electrons. The third-order valence-electron chi connectivity index (χ3n) is 3.58. The third kappa shape index (κ3) is 4.12. The zero-order chi connectivity index (χ0) is 16.9. The van der Waals surface area contributed by atoms with Crippen LogP contribution in [0.4, 0.5) is 5.95 Å². The second-order valence-electron chi connectivity index (χ2n) is 5.24. The summed E-state index contributed by atoms with van der Waals surface area (Å²) in [6, 6.07) is 4.79. The summed E-state index contributed by atoms with van der Waals surface area (Å²) >= 11 is 11.8. The molecular formula is C17H15Cl2N3O2. The van der Waals surface area contributed by atoms with E-state index in [2.05, 4.69) is 14.9 Å². The number of allylic oxidation sites excluding steroid dienone is 1. The van der Waals surface area contributed by atoms with Crippen molar-refractivity contribution < 1.29 is 9.53 Å². The van der Waals surface area contributed by atoms with Crippen molar-refractivity contribution in [3.8, 4) is 0 Å². The minimum Gasteiger partial charge on any atom is -0.378 e. The number of ketones is 1. The summed E-state index contributed by atoms with van der Waals surface area (Å²) in [4.78, 5) is 22.9. The molecule has 124 valence electrons. The highest BCUT2D eigenvalue weighted by Gasteiger charge is 2.13. The maximum atomic E-state index is 12.1. The van der Waals surface area contributed by atoms with Crippen LogP contribution in [-0.2, 0) is 4.74 Å². The summed E-state index contributed by atoms with van der Waals surface area (Å²) in [5, 5.41) is 0.776. The molecule has 0 unspecified atom stereocenters. The van der Waals surface area contributed by atoms with Crippen LogP contribution in [0.3, 0.4) is 0 Å². The molecule has 1 aromatic heterocycles. The van der Waals surface area contributed by atoms with Gasteiger partial charge in [-0.05, 0) is 30.4 Å². The van der Waals surface area contributed by atoms with Crippen molar-refractivity contribution in [1.82, 2.24) is 9.97 Å². The Kier molecular flexibility index (Phi) is 5.45. The van der Waals surface area contributed by atoms with Crippen LogP contribution in [0, 0.1) is 0 Å². The molecule has 1 aliphatic rings. The van der Waals surface area contributed by atoms with E-state index in [0.29, 0.717) is 34.8 Å². The van der Waals surface area contributed by atoms with Crippen molar-refractivity contribution in [2.45, 2.75) is 0 Å². The second-order valence-corrected chi connectivity index (χ2v) is 6.06. The van der Waals surface area contributed by atoms with Gasteiger partial charge in [0, 0.05) is 36.6 Å². The zero-order valence-electron chi connectivity index (χ0n) is 12.8. The lowest BCUT2D eigenvalue weighted by molar-refractivity contribution is 0.104. The highest BCUT2D eigenvalue weighted by molar-refractivity contribution is 6.42. The van der Waals surface area contributed by atoms with Crippen LogP contribution in [0.1, 0.15) is 15.9 Å². The van der Waals surface area contributed by atoms with Crippen molar-refractivity contribution >= 4 is 41.0 Å². The molecule has 7 heteroatoms. The summed E-state index contributed by atoms with van der Waals surface area (Å²) < 4.78 is 5.30. The molecule has 1 aliphatic heterocycles. The van der Waals surface area contributed by atoms with Gasteiger partial charge in [0.25, 0.3) is 0 Å². The minimum absolute atomic E-state index is 0.161. The molecule has 24 heavy (non-hydrogen) atoms. The van der Waals surface area contributed by atoms with Gasteiger partial charge in [0.15, 0.2) is 5.78 Å². The molecule has 0 bridgehead atoms. The molecule has 0 N–H and O–H groups in total. The molecule has 5 nitrogen and oxygen atoms in total. The first-order chi connectivity index (χ1) is 11.6. The molecule has 0 amide bonds. The van der Waals surface area contributed by atoms with E-state index in [-0.39, 0.29) is 5.78 Å². The van der Waals surface area contributed by atoms with E-state index in [0.717, 1.165) is 18.7 Å². The van der Waals surface area contributed by atoms with E-state index in [9.17, 15) is 4.79 Å². The quantitative estimate of drug-likeness (QED) is 0.614. The van der Waals surface area contributed by atoms with Gasteiger partial charge in [-0.1, -0.05) is 23.2 Å². The van der Waals surface area contributed by atoms with Crippen LogP contribution in [0.5, 0.6) is 0 Å². The van der Waals surface area contributed by atoms with Gasteiger partial charge in [0.1, 0.15) is 0 Å². The average Bonchev–Trinajstić information content (AvgIpc) is 2.63. The van der Waals surface area contributed by atoms with Crippen molar-refractivity contribution in [3.63, 3.8) is 0 Å². The average molecular weight is 364 g/mol. The van der Waals surface area contributed by atoms with Crippen LogP contribution in [-0.4, -0.2) is 42.1 Å². The topological polar surface area (TPSA) is 55.3 Å². The number of rotatable bonds is 4. The molecule has 1 aromatic carbocycles. The van der Waals surface area contributed by atoms with Crippen LogP contribution < -0.4 is 4.90 Å². The number of anilines is 1. The van der Waals surface area contributed by atoms with E-state index in [1.165, 1.54) is 6.08 Å². The highest BCUT2D eigenvalue weighted by Crippen LogP contribution is 2.23. The van der Waals surface area contributed by atoms with Gasteiger partial charge in [-0.2, -0.15) is 0 Å². The SMILES string of the molecule is O=C(/C=C/c1cnc(N2CCOCC2)nc1)c1ccc(Cl)c(Cl)c1. The number of hydrogen-bond donors (Lipinski definition) is 0. The summed E-state index contributed by atoms with van der Waals surface area (Å²) in [6.07, 6.45) is 6.52. The fourth-order valence-electron chi connectivity index (χ4n) is 2.26. The molecule has 0 spiro atoms. The van der Waals surface area contributed by atoms with Crippen LogP contribution in [0.25, 0.3) is 6.08 Å². The largest absolute Gasteiger partial charge is 0.378 e. The number of carbonyl (C=O) groups excluding carboxylic acids is 1. The molecular weight excluding hydrogens is 349 g/mol. The maximum absolute atomic E-state index is 12.1. The van der Waals surface area contributed by atoms with Gasteiger partial charge in [0.05, 0.1) is 23.3 Å². The summed E-state index contributed by atoms with van der Waals surface area (Å²) in [6.45, 7) is 2.93. The monoisotopic (exact) mass is 363 g/mol. The van der Waals surface area contributed by atoms with E-state index in [4.69, 9.17) is 27.9 Å².